The fraction of sp³-hybridized carbons (Fsp3) is 1.00. The smallest absolute Gasteiger partial charge is 0.212 e. The Morgan fingerprint density at radius 1 is 1.46 bits per heavy atom. The minimum atomic E-state index is -3.07. The zero-order valence-electron chi connectivity index (χ0n) is 8.33. The minimum Gasteiger partial charge on any atom is -0.319 e. The highest BCUT2D eigenvalue weighted by Crippen LogP contribution is 2.02. The van der Waals surface area contributed by atoms with Crippen LogP contribution in [0.5, 0.6) is 0 Å². The summed E-state index contributed by atoms with van der Waals surface area (Å²) in [6.07, 6.45) is 1.96. The van der Waals surface area contributed by atoms with Gasteiger partial charge in [0, 0.05) is 18.3 Å². The van der Waals surface area contributed by atoms with Gasteiger partial charge in [-0.2, -0.15) is 11.8 Å². The molecule has 13 heavy (non-hydrogen) atoms. The van der Waals surface area contributed by atoms with Crippen molar-refractivity contribution in [2.75, 3.05) is 32.1 Å². The second-order valence-corrected chi connectivity index (χ2v) is 6.02. The summed E-state index contributed by atoms with van der Waals surface area (Å²) in [6, 6.07) is 0. The number of rotatable bonds is 7. The molecular weight excluding hydrogens is 208 g/mol. The van der Waals surface area contributed by atoms with Crippen molar-refractivity contribution in [3.05, 3.63) is 0 Å². The second kappa shape index (κ2) is 6.64. The molecule has 0 fully saturated rings. The van der Waals surface area contributed by atoms with Crippen molar-refractivity contribution >= 4 is 21.8 Å². The zero-order chi connectivity index (χ0) is 10.3. The molecule has 0 radical (unpaired) electrons. The Kier molecular flexibility index (Phi) is 6.75. The van der Waals surface area contributed by atoms with Gasteiger partial charge >= 0.3 is 0 Å². The van der Waals surface area contributed by atoms with E-state index in [1.165, 1.54) is 0 Å². The number of thioether (sulfide) groups is 1. The van der Waals surface area contributed by atoms with Crippen molar-refractivity contribution in [3.8, 4) is 0 Å². The lowest BCUT2D eigenvalue weighted by molar-refractivity contribution is 0.579. The lowest BCUT2D eigenvalue weighted by Crippen LogP contribution is -2.34. The van der Waals surface area contributed by atoms with Crippen LogP contribution in [0.3, 0.4) is 0 Å². The van der Waals surface area contributed by atoms with E-state index in [1.54, 1.807) is 18.8 Å². The molecule has 0 aliphatic rings. The monoisotopic (exact) mass is 226 g/mol. The molecule has 6 heteroatoms. The van der Waals surface area contributed by atoms with Crippen molar-refractivity contribution in [1.82, 2.24) is 10.0 Å². The predicted octanol–water partition coefficient (Wildman–Crippen LogP) is -0.123. The van der Waals surface area contributed by atoms with Crippen LogP contribution < -0.4 is 10.0 Å². The summed E-state index contributed by atoms with van der Waals surface area (Å²) in [7, 11) is -1.34. The van der Waals surface area contributed by atoms with Crippen LogP contribution in [0.25, 0.3) is 0 Å². The second-order valence-electron chi connectivity index (χ2n) is 2.82. The third kappa shape index (κ3) is 7.30. The largest absolute Gasteiger partial charge is 0.319 e. The Bertz CT molecular complexity index is 217. The SMILES string of the molecule is CNCCS(=O)(=O)NCC(C)SC. The van der Waals surface area contributed by atoms with E-state index in [2.05, 4.69) is 10.0 Å². The number of hydrogen-bond donors (Lipinski definition) is 2. The molecule has 0 amide bonds. The average Bonchev–Trinajstić information content (AvgIpc) is 2.11. The van der Waals surface area contributed by atoms with Crippen molar-refractivity contribution in [2.45, 2.75) is 12.2 Å². The van der Waals surface area contributed by atoms with Gasteiger partial charge in [-0.3, -0.25) is 0 Å². The summed E-state index contributed by atoms with van der Waals surface area (Å²) in [5.41, 5.74) is 0. The molecule has 2 N–H and O–H groups in total. The van der Waals surface area contributed by atoms with Gasteiger partial charge in [0.1, 0.15) is 0 Å². The molecule has 4 nitrogen and oxygen atoms in total. The van der Waals surface area contributed by atoms with E-state index < -0.39 is 10.0 Å². The fourth-order valence-corrected chi connectivity index (χ4v) is 2.11. The number of sulfonamides is 1. The number of nitrogens with one attached hydrogen (secondary N) is 2. The Hall–Kier alpha value is 0.220. The maximum absolute atomic E-state index is 11.2. The molecule has 0 spiro atoms. The summed E-state index contributed by atoms with van der Waals surface area (Å²) in [5.74, 6) is 0.143. The molecule has 0 rings (SSSR count). The number of hydrogen-bond acceptors (Lipinski definition) is 4. The minimum absolute atomic E-state index is 0.143. The van der Waals surface area contributed by atoms with Crippen molar-refractivity contribution in [3.63, 3.8) is 0 Å². The van der Waals surface area contributed by atoms with E-state index >= 15 is 0 Å². The molecule has 0 saturated heterocycles. The zero-order valence-corrected chi connectivity index (χ0v) is 9.96. The van der Waals surface area contributed by atoms with Crippen molar-refractivity contribution in [1.29, 1.82) is 0 Å². The van der Waals surface area contributed by atoms with Gasteiger partial charge in [0.2, 0.25) is 10.0 Å². The lowest BCUT2D eigenvalue weighted by atomic mass is 10.5. The normalized spacial score (nSPS) is 14.4. The van der Waals surface area contributed by atoms with Crippen LogP contribution in [0.2, 0.25) is 0 Å². The van der Waals surface area contributed by atoms with Gasteiger partial charge in [0.05, 0.1) is 5.75 Å². The first kappa shape index (κ1) is 13.2. The van der Waals surface area contributed by atoms with Crippen LogP contribution in [0.15, 0.2) is 0 Å². The van der Waals surface area contributed by atoms with Crippen LogP contribution in [-0.2, 0) is 10.0 Å². The summed E-state index contributed by atoms with van der Waals surface area (Å²) in [4.78, 5) is 0. The van der Waals surface area contributed by atoms with E-state index in [0.717, 1.165) is 0 Å². The highest BCUT2D eigenvalue weighted by Gasteiger charge is 2.10. The van der Waals surface area contributed by atoms with Gasteiger partial charge in [-0.05, 0) is 13.3 Å². The van der Waals surface area contributed by atoms with Crippen LogP contribution in [-0.4, -0.2) is 45.8 Å². The Balaban J connectivity index is 3.76. The first-order valence-corrected chi connectivity index (χ1v) is 7.10. The third-order valence-corrected chi connectivity index (χ3v) is 3.93. The summed E-state index contributed by atoms with van der Waals surface area (Å²) >= 11 is 1.65. The topological polar surface area (TPSA) is 58.2 Å². The third-order valence-electron chi connectivity index (χ3n) is 1.61. The van der Waals surface area contributed by atoms with Gasteiger partial charge in [0.15, 0.2) is 0 Å². The van der Waals surface area contributed by atoms with Gasteiger partial charge in [-0.15, -0.1) is 0 Å². The van der Waals surface area contributed by atoms with E-state index in [0.29, 0.717) is 18.3 Å². The molecule has 80 valence electrons. The van der Waals surface area contributed by atoms with Crippen molar-refractivity contribution < 1.29 is 8.42 Å². The Morgan fingerprint density at radius 2 is 2.08 bits per heavy atom. The molecule has 0 saturated carbocycles. The molecule has 1 unspecified atom stereocenters. The van der Waals surface area contributed by atoms with E-state index in [4.69, 9.17) is 0 Å². The van der Waals surface area contributed by atoms with E-state index in [1.807, 2.05) is 13.2 Å². The van der Waals surface area contributed by atoms with Crippen LogP contribution in [0.1, 0.15) is 6.92 Å². The molecule has 0 bridgehead atoms. The molecule has 0 heterocycles. The molecule has 0 aliphatic heterocycles. The molecule has 1 atom stereocenters. The predicted molar refractivity (Wildman–Crippen MR) is 58.7 cm³/mol. The van der Waals surface area contributed by atoms with Gasteiger partial charge in [-0.1, -0.05) is 6.92 Å². The van der Waals surface area contributed by atoms with E-state index in [-0.39, 0.29) is 5.75 Å². The molecule has 0 aromatic rings. The molecule has 0 aromatic heterocycles. The van der Waals surface area contributed by atoms with Gasteiger partial charge in [0.25, 0.3) is 0 Å². The first-order chi connectivity index (χ1) is 6.02. The highest BCUT2D eigenvalue weighted by atomic mass is 32.2. The highest BCUT2D eigenvalue weighted by molar-refractivity contribution is 7.99. The maximum Gasteiger partial charge on any atom is 0.212 e. The summed E-state index contributed by atoms with van der Waals surface area (Å²) in [6.45, 7) is 2.99. The Labute approximate surface area is 84.9 Å². The van der Waals surface area contributed by atoms with Gasteiger partial charge < -0.3 is 5.32 Å². The molecule has 0 aliphatic carbocycles. The van der Waals surface area contributed by atoms with Crippen LogP contribution >= 0.6 is 11.8 Å². The molecular formula is C7H18N2O2S2. The maximum atomic E-state index is 11.2. The van der Waals surface area contributed by atoms with E-state index in [9.17, 15) is 8.42 Å². The van der Waals surface area contributed by atoms with Crippen LogP contribution in [0, 0.1) is 0 Å². The first-order valence-electron chi connectivity index (χ1n) is 4.16. The summed E-state index contributed by atoms with van der Waals surface area (Å²) in [5, 5.41) is 3.12. The quantitative estimate of drug-likeness (QED) is 0.635. The fourth-order valence-electron chi connectivity index (χ4n) is 0.636. The van der Waals surface area contributed by atoms with Gasteiger partial charge in [-0.25, -0.2) is 13.1 Å². The van der Waals surface area contributed by atoms with Crippen molar-refractivity contribution in [2.24, 2.45) is 0 Å². The lowest BCUT2D eigenvalue weighted by Gasteiger charge is -2.10. The van der Waals surface area contributed by atoms with Crippen LogP contribution in [0.4, 0.5) is 0 Å². The summed E-state index contributed by atoms with van der Waals surface area (Å²) < 4.78 is 25.1. The average molecular weight is 226 g/mol. The standard InChI is InChI=1S/C7H18N2O2S2/c1-7(12-3)6-9-13(10,11)5-4-8-2/h7-9H,4-6H2,1-3H3. The Morgan fingerprint density at radius 3 is 2.54 bits per heavy atom. The molecule has 0 aromatic carbocycles.